The van der Waals surface area contributed by atoms with E-state index in [0.29, 0.717) is 22.3 Å². The van der Waals surface area contributed by atoms with Crippen molar-refractivity contribution in [2.24, 2.45) is 0 Å². The Morgan fingerprint density at radius 3 is 2.48 bits per heavy atom. The maximum absolute atomic E-state index is 13.3. The van der Waals surface area contributed by atoms with Gasteiger partial charge in [0.1, 0.15) is 4.47 Å². The smallest absolute Gasteiger partial charge is 0.283 e. The first kappa shape index (κ1) is 16.0. The molecule has 2 aromatic carbocycles. The van der Waals surface area contributed by atoms with Crippen molar-refractivity contribution in [2.45, 2.75) is 6.54 Å². The molecule has 0 aliphatic rings. The van der Waals surface area contributed by atoms with Crippen molar-refractivity contribution < 1.29 is 9.31 Å². The third kappa shape index (κ3) is 3.64. The van der Waals surface area contributed by atoms with Gasteiger partial charge in [0.25, 0.3) is 5.69 Å². The third-order valence-corrected chi connectivity index (χ3v) is 4.19. The molecule has 0 saturated carbocycles. The van der Waals surface area contributed by atoms with Crippen molar-refractivity contribution in [3.8, 4) is 0 Å². The summed E-state index contributed by atoms with van der Waals surface area (Å²) in [6, 6.07) is 7.52. The minimum absolute atomic E-state index is 0.0236. The van der Waals surface area contributed by atoms with Gasteiger partial charge in [-0.05, 0) is 33.6 Å². The van der Waals surface area contributed by atoms with Crippen molar-refractivity contribution >= 4 is 50.5 Å². The van der Waals surface area contributed by atoms with Crippen LogP contribution in [0, 0.1) is 15.9 Å². The van der Waals surface area contributed by atoms with Gasteiger partial charge in [0.15, 0.2) is 5.82 Å². The molecular formula is C13H8BrCl2FN2O2. The zero-order valence-electron chi connectivity index (χ0n) is 10.4. The molecule has 0 fully saturated rings. The van der Waals surface area contributed by atoms with Crippen LogP contribution in [0.4, 0.5) is 15.8 Å². The molecule has 0 spiro atoms. The van der Waals surface area contributed by atoms with Crippen LogP contribution in [0.1, 0.15) is 5.56 Å². The van der Waals surface area contributed by atoms with Crippen LogP contribution in [0.2, 0.25) is 10.0 Å². The molecular weight excluding hydrogens is 386 g/mol. The molecule has 0 saturated heterocycles. The highest BCUT2D eigenvalue weighted by molar-refractivity contribution is 9.10. The first-order valence-corrected chi connectivity index (χ1v) is 7.25. The summed E-state index contributed by atoms with van der Waals surface area (Å²) in [5.74, 6) is -0.680. The van der Waals surface area contributed by atoms with E-state index in [-0.39, 0.29) is 15.7 Å². The van der Waals surface area contributed by atoms with Crippen LogP contribution in [0.15, 0.2) is 34.8 Å². The predicted octanol–water partition coefficient (Wildman–Crippen LogP) is 5.42. The fourth-order valence-corrected chi connectivity index (χ4v) is 2.74. The molecule has 0 aliphatic heterocycles. The van der Waals surface area contributed by atoms with Crippen LogP contribution >= 0.6 is 39.1 Å². The van der Waals surface area contributed by atoms with Gasteiger partial charge in [0, 0.05) is 18.3 Å². The van der Waals surface area contributed by atoms with Crippen LogP contribution in [-0.4, -0.2) is 4.92 Å². The fraction of sp³-hybridized carbons (Fsp3) is 0.0769. The number of nitro groups is 1. The zero-order valence-corrected chi connectivity index (χ0v) is 13.5. The molecule has 2 aromatic rings. The van der Waals surface area contributed by atoms with Gasteiger partial charge in [-0.25, -0.2) is 4.39 Å². The number of anilines is 1. The van der Waals surface area contributed by atoms with Crippen molar-refractivity contribution in [3.63, 3.8) is 0 Å². The lowest BCUT2D eigenvalue weighted by atomic mass is 10.2. The first-order chi connectivity index (χ1) is 9.90. The van der Waals surface area contributed by atoms with Crippen LogP contribution < -0.4 is 5.32 Å². The predicted molar refractivity (Wildman–Crippen MR) is 84.5 cm³/mol. The van der Waals surface area contributed by atoms with Gasteiger partial charge in [-0.2, -0.15) is 0 Å². The number of halogens is 4. The van der Waals surface area contributed by atoms with E-state index in [9.17, 15) is 14.5 Å². The average Bonchev–Trinajstić information content (AvgIpc) is 2.43. The monoisotopic (exact) mass is 392 g/mol. The van der Waals surface area contributed by atoms with Gasteiger partial charge in [-0.15, -0.1) is 0 Å². The molecule has 0 aliphatic carbocycles. The molecule has 0 heterocycles. The Morgan fingerprint density at radius 2 is 1.90 bits per heavy atom. The minimum atomic E-state index is -0.680. The summed E-state index contributed by atoms with van der Waals surface area (Å²) in [6.45, 7) is 0.292. The molecule has 0 bridgehead atoms. The Bertz CT molecular complexity index is 690. The minimum Gasteiger partial charge on any atom is -0.381 e. The number of rotatable bonds is 4. The highest BCUT2D eigenvalue weighted by atomic mass is 79.9. The Hall–Kier alpha value is -1.37. The number of hydrogen-bond donors (Lipinski definition) is 1. The molecule has 1 N–H and O–H groups in total. The second kappa shape index (κ2) is 6.60. The lowest BCUT2D eigenvalue weighted by Crippen LogP contribution is -2.02. The van der Waals surface area contributed by atoms with Gasteiger partial charge < -0.3 is 5.32 Å². The van der Waals surface area contributed by atoms with Crippen LogP contribution in [-0.2, 0) is 6.54 Å². The van der Waals surface area contributed by atoms with E-state index < -0.39 is 10.7 Å². The first-order valence-electron chi connectivity index (χ1n) is 5.70. The topological polar surface area (TPSA) is 55.2 Å². The Kier molecular flexibility index (Phi) is 5.03. The normalized spacial score (nSPS) is 10.5. The second-order valence-corrected chi connectivity index (χ2v) is 5.72. The summed E-state index contributed by atoms with van der Waals surface area (Å²) in [5, 5.41) is 13.7. The van der Waals surface area contributed by atoms with Gasteiger partial charge in [0.05, 0.1) is 15.0 Å². The molecule has 0 aromatic heterocycles. The maximum atomic E-state index is 13.3. The molecule has 2 rings (SSSR count). The molecule has 4 nitrogen and oxygen atoms in total. The van der Waals surface area contributed by atoms with E-state index in [0.717, 1.165) is 0 Å². The summed E-state index contributed by atoms with van der Waals surface area (Å²) in [7, 11) is 0. The number of nitrogens with zero attached hydrogens (tertiary/aromatic N) is 1. The lowest BCUT2D eigenvalue weighted by molar-refractivity contribution is -0.385. The second-order valence-electron chi connectivity index (χ2n) is 4.11. The van der Waals surface area contributed by atoms with E-state index in [1.807, 2.05) is 0 Å². The highest BCUT2D eigenvalue weighted by Gasteiger charge is 2.15. The van der Waals surface area contributed by atoms with E-state index in [4.69, 9.17) is 23.2 Å². The highest BCUT2D eigenvalue weighted by Crippen LogP contribution is 2.30. The van der Waals surface area contributed by atoms with Crippen LogP contribution in [0.5, 0.6) is 0 Å². The molecule has 0 radical (unpaired) electrons. The Labute approximate surface area is 138 Å². The Balaban J connectivity index is 2.21. The molecule has 0 unspecified atom stereocenters. The van der Waals surface area contributed by atoms with Crippen molar-refractivity contribution in [3.05, 3.63) is 66.3 Å². The van der Waals surface area contributed by atoms with Gasteiger partial charge in [-0.3, -0.25) is 10.1 Å². The summed E-state index contributed by atoms with van der Waals surface area (Å²) in [4.78, 5) is 10.4. The summed E-state index contributed by atoms with van der Waals surface area (Å²) >= 11 is 14.6. The molecule has 0 amide bonds. The zero-order chi connectivity index (χ0) is 15.6. The van der Waals surface area contributed by atoms with Crippen molar-refractivity contribution in [1.29, 1.82) is 0 Å². The van der Waals surface area contributed by atoms with Gasteiger partial charge in [-0.1, -0.05) is 35.3 Å². The van der Waals surface area contributed by atoms with Crippen LogP contribution in [0.3, 0.4) is 0 Å². The number of benzene rings is 2. The van der Waals surface area contributed by atoms with Gasteiger partial charge in [0.2, 0.25) is 0 Å². The third-order valence-electron chi connectivity index (χ3n) is 2.72. The van der Waals surface area contributed by atoms with E-state index >= 15 is 0 Å². The van der Waals surface area contributed by atoms with Crippen molar-refractivity contribution in [2.75, 3.05) is 5.32 Å². The SMILES string of the molecule is O=[N+]([O-])c1cccc(CNc2cc(Cl)c(F)c(Cl)c2)c1Br. The average molecular weight is 394 g/mol. The van der Waals surface area contributed by atoms with E-state index in [1.54, 1.807) is 12.1 Å². The summed E-state index contributed by atoms with van der Waals surface area (Å²) in [6.07, 6.45) is 0. The largest absolute Gasteiger partial charge is 0.381 e. The summed E-state index contributed by atoms with van der Waals surface area (Å²) in [5.41, 5.74) is 1.18. The molecule has 8 heteroatoms. The quantitative estimate of drug-likeness (QED) is 0.429. The molecule has 110 valence electrons. The maximum Gasteiger partial charge on any atom is 0.283 e. The number of nitro benzene ring substituents is 1. The Morgan fingerprint density at radius 1 is 1.29 bits per heavy atom. The standard InChI is InChI=1S/C13H8BrCl2FN2O2/c14-12-7(2-1-3-11(12)19(20)21)6-18-8-4-9(15)13(17)10(16)5-8/h1-5,18H,6H2. The fourth-order valence-electron chi connectivity index (χ4n) is 1.70. The number of hydrogen-bond acceptors (Lipinski definition) is 3. The van der Waals surface area contributed by atoms with Gasteiger partial charge >= 0.3 is 0 Å². The van der Waals surface area contributed by atoms with E-state index in [1.165, 1.54) is 18.2 Å². The number of nitrogens with one attached hydrogen (secondary N) is 1. The molecule has 0 atom stereocenters. The molecule has 21 heavy (non-hydrogen) atoms. The van der Waals surface area contributed by atoms with Crippen LogP contribution in [0.25, 0.3) is 0 Å². The summed E-state index contributed by atoms with van der Waals surface area (Å²) < 4.78 is 13.7. The van der Waals surface area contributed by atoms with E-state index in [2.05, 4.69) is 21.2 Å². The lowest BCUT2D eigenvalue weighted by Gasteiger charge is -2.10. The van der Waals surface area contributed by atoms with Crippen molar-refractivity contribution in [1.82, 2.24) is 0 Å².